The van der Waals surface area contributed by atoms with E-state index in [4.69, 9.17) is 0 Å². The van der Waals surface area contributed by atoms with E-state index in [1.165, 1.54) is 0 Å². The van der Waals surface area contributed by atoms with Gasteiger partial charge in [0.05, 0.1) is 19.2 Å². The fraction of sp³-hybridized carbons (Fsp3) is 0.231. The number of ketones is 2. The second-order valence-electron chi connectivity index (χ2n) is 3.99. The van der Waals surface area contributed by atoms with Crippen molar-refractivity contribution in [1.82, 2.24) is 9.38 Å². The lowest BCUT2D eigenvalue weighted by atomic mass is 10.1. The van der Waals surface area contributed by atoms with E-state index >= 15 is 0 Å². The Kier molecular flexibility index (Phi) is 3.41. The number of esters is 1. The van der Waals surface area contributed by atoms with Crippen molar-refractivity contribution in [3.63, 3.8) is 0 Å². The van der Waals surface area contributed by atoms with Crippen LogP contribution in [0, 0.1) is 6.92 Å². The molecule has 0 saturated heterocycles. The third kappa shape index (κ3) is 2.37. The highest BCUT2D eigenvalue weighted by Crippen LogP contribution is 2.14. The molecule has 0 saturated carbocycles. The third-order valence-electron chi connectivity index (χ3n) is 2.70. The van der Waals surface area contributed by atoms with Crippen molar-refractivity contribution in [2.45, 2.75) is 13.3 Å². The summed E-state index contributed by atoms with van der Waals surface area (Å²) < 4.78 is 5.88. The average molecular weight is 260 g/mol. The number of aromatic nitrogens is 2. The number of hydrogen-bond acceptors (Lipinski definition) is 5. The first kappa shape index (κ1) is 12.9. The number of rotatable bonds is 4. The highest BCUT2D eigenvalue weighted by Gasteiger charge is 2.23. The smallest absolute Gasteiger partial charge is 0.374 e. The van der Waals surface area contributed by atoms with Gasteiger partial charge in [0.1, 0.15) is 11.3 Å². The van der Waals surface area contributed by atoms with E-state index in [1.807, 2.05) is 0 Å². The van der Waals surface area contributed by atoms with Gasteiger partial charge >= 0.3 is 5.97 Å². The maximum Gasteiger partial charge on any atom is 0.374 e. The minimum Gasteiger partial charge on any atom is -0.463 e. The van der Waals surface area contributed by atoms with Crippen LogP contribution in [0.3, 0.4) is 0 Å². The molecule has 2 heterocycles. The molecule has 0 amide bonds. The van der Waals surface area contributed by atoms with Gasteiger partial charge in [0.25, 0.3) is 0 Å². The van der Waals surface area contributed by atoms with Gasteiger partial charge in [0.2, 0.25) is 5.78 Å². The lowest BCUT2D eigenvalue weighted by molar-refractivity contribution is -0.151. The van der Waals surface area contributed by atoms with E-state index < -0.39 is 24.0 Å². The number of carbonyl (C=O) groups excluding carboxylic acids is 3. The van der Waals surface area contributed by atoms with Crippen LogP contribution in [-0.4, -0.2) is 34.0 Å². The number of pyridine rings is 1. The summed E-state index contributed by atoms with van der Waals surface area (Å²) in [5, 5.41) is 0. The molecule has 0 atom stereocenters. The molecular weight excluding hydrogens is 248 g/mol. The second kappa shape index (κ2) is 5.01. The average Bonchev–Trinajstić information content (AvgIpc) is 2.73. The van der Waals surface area contributed by atoms with E-state index in [-0.39, 0.29) is 0 Å². The van der Waals surface area contributed by atoms with Crippen LogP contribution in [0.25, 0.3) is 5.65 Å². The number of fused-ring (bicyclic) bond motifs is 1. The van der Waals surface area contributed by atoms with E-state index in [9.17, 15) is 14.4 Å². The van der Waals surface area contributed by atoms with Crippen LogP contribution in [0.4, 0.5) is 0 Å². The van der Waals surface area contributed by atoms with Gasteiger partial charge in [-0.25, -0.2) is 9.78 Å². The van der Waals surface area contributed by atoms with Gasteiger partial charge in [-0.05, 0) is 19.1 Å². The molecule has 0 unspecified atom stereocenters. The first-order chi connectivity index (χ1) is 9.04. The molecular formula is C13H12N2O4. The molecule has 2 aromatic rings. The topological polar surface area (TPSA) is 77.7 Å². The van der Waals surface area contributed by atoms with E-state index in [1.54, 1.807) is 35.7 Å². The SMILES string of the molecule is COC(=O)C(=O)CC(=O)c1c(C)nc2ccccn12. The number of nitrogens with zero attached hydrogens (tertiary/aromatic N) is 2. The number of imidazole rings is 1. The molecule has 19 heavy (non-hydrogen) atoms. The van der Waals surface area contributed by atoms with Gasteiger partial charge in [0.15, 0.2) is 5.78 Å². The molecule has 0 aromatic carbocycles. The Morgan fingerprint density at radius 3 is 2.74 bits per heavy atom. The molecule has 0 bridgehead atoms. The number of hydrogen-bond donors (Lipinski definition) is 0. The second-order valence-corrected chi connectivity index (χ2v) is 3.99. The van der Waals surface area contributed by atoms with Crippen molar-refractivity contribution in [3.05, 3.63) is 35.8 Å². The maximum absolute atomic E-state index is 12.1. The van der Waals surface area contributed by atoms with Crippen LogP contribution < -0.4 is 0 Å². The Bertz CT molecular complexity index is 672. The summed E-state index contributed by atoms with van der Waals surface area (Å²) in [5.74, 6) is -2.33. The molecule has 6 heteroatoms. The summed E-state index contributed by atoms with van der Waals surface area (Å²) in [6, 6.07) is 5.31. The van der Waals surface area contributed by atoms with Crippen molar-refractivity contribution in [2.24, 2.45) is 0 Å². The standard InChI is InChI=1S/C13H12N2O4/c1-8-12(9(16)7-10(17)13(18)19-2)15-6-4-3-5-11(15)14-8/h3-6H,7H2,1-2H3. The van der Waals surface area contributed by atoms with Crippen LogP contribution >= 0.6 is 0 Å². The van der Waals surface area contributed by atoms with E-state index in [2.05, 4.69) is 9.72 Å². The number of Topliss-reactive ketones (excluding diaryl/α,β-unsaturated/α-hetero) is 2. The number of methoxy groups -OCH3 is 1. The first-order valence-electron chi connectivity index (χ1n) is 5.62. The van der Waals surface area contributed by atoms with Gasteiger partial charge < -0.3 is 4.74 Å². The minimum atomic E-state index is -1.01. The number of carbonyl (C=O) groups is 3. The Labute approximate surface area is 109 Å². The van der Waals surface area contributed by atoms with Gasteiger partial charge in [-0.1, -0.05) is 6.07 Å². The Balaban J connectivity index is 2.34. The zero-order valence-electron chi connectivity index (χ0n) is 10.5. The van der Waals surface area contributed by atoms with Crippen LogP contribution in [0.1, 0.15) is 22.6 Å². The van der Waals surface area contributed by atoms with Crippen molar-refractivity contribution in [3.8, 4) is 0 Å². The molecule has 0 N–H and O–H groups in total. The molecule has 98 valence electrons. The predicted molar refractivity (Wildman–Crippen MR) is 65.9 cm³/mol. The van der Waals surface area contributed by atoms with Crippen molar-refractivity contribution in [2.75, 3.05) is 7.11 Å². The van der Waals surface area contributed by atoms with Crippen molar-refractivity contribution in [1.29, 1.82) is 0 Å². The molecule has 2 rings (SSSR count). The van der Waals surface area contributed by atoms with Gasteiger partial charge in [-0.15, -0.1) is 0 Å². The Morgan fingerprint density at radius 1 is 1.32 bits per heavy atom. The fourth-order valence-corrected chi connectivity index (χ4v) is 1.87. The molecule has 0 aliphatic carbocycles. The molecule has 0 fully saturated rings. The molecule has 0 aliphatic rings. The van der Waals surface area contributed by atoms with Crippen LogP contribution in [0.5, 0.6) is 0 Å². The van der Waals surface area contributed by atoms with Gasteiger partial charge in [-0.3, -0.25) is 14.0 Å². The van der Waals surface area contributed by atoms with Crippen LogP contribution in [-0.2, 0) is 14.3 Å². The Hall–Kier alpha value is -2.50. The summed E-state index contributed by atoms with van der Waals surface area (Å²) in [4.78, 5) is 38.7. The molecule has 0 spiro atoms. The van der Waals surface area contributed by atoms with Crippen molar-refractivity contribution >= 4 is 23.2 Å². The number of ether oxygens (including phenoxy) is 1. The quantitative estimate of drug-likeness (QED) is 0.354. The third-order valence-corrected chi connectivity index (χ3v) is 2.70. The zero-order valence-corrected chi connectivity index (χ0v) is 10.5. The molecule has 0 aliphatic heterocycles. The van der Waals surface area contributed by atoms with E-state index in [0.717, 1.165) is 7.11 Å². The summed E-state index contributed by atoms with van der Waals surface area (Å²) in [7, 11) is 1.10. The molecule has 6 nitrogen and oxygen atoms in total. The largest absolute Gasteiger partial charge is 0.463 e. The predicted octanol–water partition coefficient (Wildman–Crippen LogP) is 0.958. The lowest BCUT2D eigenvalue weighted by Gasteiger charge is -2.01. The van der Waals surface area contributed by atoms with Gasteiger partial charge in [0, 0.05) is 6.20 Å². The van der Waals surface area contributed by atoms with Crippen LogP contribution in [0.2, 0.25) is 0 Å². The maximum atomic E-state index is 12.1. The normalized spacial score (nSPS) is 10.4. The van der Waals surface area contributed by atoms with E-state index in [0.29, 0.717) is 17.0 Å². The Morgan fingerprint density at radius 2 is 2.05 bits per heavy atom. The molecule has 2 aromatic heterocycles. The summed E-state index contributed by atoms with van der Waals surface area (Å²) in [6.07, 6.45) is 1.17. The van der Waals surface area contributed by atoms with Crippen molar-refractivity contribution < 1.29 is 19.1 Å². The summed E-state index contributed by atoms with van der Waals surface area (Å²) in [5.41, 5.74) is 1.45. The fourth-order valence-electron chi connectivity index (χ4n) is 1.87. The number of aryl methyl sites for hydroxylation is 1. The zero-order chi connectivity index (χ0) is 14.0. The highest BCUT2D eigenvalue weighted by atomic mass is 16.5. The molecule has 0 radical (unpaired) electrons. The first-order valence-corrected chi connectivity index (χ1v) is 5.62. The van der Waals surface area contributed by atoms with Gasteiger partial charge in [-0.2, -0.15) is 0 Å². The highest BCUT2D eigenvalue weighted by molar-refractivity contribution is 6.38. The summed E-state index contributed by atoms with van der Waals surface area (Å²) >= 11 is 0. The monoisotopic (exact) mass is 260 g/mol. The summed E-state index contributed by atoms with van der Waals surface area (Å²) in [6.45, 7) is 1.68. The lowest BCUT2D eigenvalue weighted by Crippen LogP contribution is -2.20. The minimum absolute atomic E-state index is 0.313. The van der Waals surface area contributed by atoms with Crippen LogP contribution in [0.15, 0.2) is 24.4 Å².